The van der Waals surface area contributed by atoms with E-state index in [1.54, 1.807) is 0 Å². The molecule has 2 aromatic rings. The summed E-state index contributed by atoms with van der Waals surface area (Å²) in [6.45, 7) is 4.28. The second-order valence-electron chi connectivity index (χ2n) is 7.45. The summed E-state index contributed by atoms with van der Waals surface area (Å²) in [5.74, 6) is 0.0547. The van der Waals surface area contributed by atoms with E-state index in [0.29, 0.717) is 6.42 Å². The third kappa shape index (κ3) is 5.47. The summed E-state index contributed by atoms with van der Waals surface area (Å²) >= 11 is 0. The molecule has 2 aromatic carbocycles. The molecule has 1 heterocycles. The Hall–Kier alpha value is -2.53. The maximum atomic E-state index is 12.2. The molecule has 5 heteroatoms. The lowest BCUT2D eigenvalue weighted by Crippen LogP contribution is -2.44. The molecule has 1 saturated heterocycles. The number of nitrogens with one attached hydrogen (secondary N) is 1. The van der Waals surface area contributed by atoms with Gasteiger partial charge < -0.3 is 20.0 Å². The van der Waals surface area contributed by atoms with Gasteiger partial charge in [-0.2, -0.15) is 0 Å². The standard InChI is InChI=1S/C22H30N4O/c1-24(2)20-9-4-18(5-10-20)6-13-22(27)23-19-7-11-21(12-8-19)26-16-14-25(3)15-17-26/h4-5,7-12H,6,13-17H2,1-3H3,(H,23,27). The molecule has 0 atom stereocenters. The molecule has 5 nitrogen and oxygen atoms in total. The second-order valence-corrected chi connectivity index (χ2v) is 7.45. The van der Waals surface area contributed by atoms with Crippen LogP contribution in [0, 0.1) is 0 Å². The van der Waals surface area contributed by atoms with Crippen LogP contribution in [0.4, 0.5) is 17.1 Å². The minimum atomic E-state index is 0.0547. The number of hydrogen-bond acceptors (Lipinski definition) is 4. The first kappa shape index (κ1) is 19.2. The lowest BCUT2D eigenvalue weighted by atomic mass is 10.1. The maximum Gasteiger partial charge on any atom is 0.224 e. The Labute approximate surface area is 162 Å². The van der Waals surface area contributed by atoms with Gasteiger partial charge in [-0.3, -0.25) is 4.79 Å². The molecule has 27 heavy (non-hydrogen) atoms. The van der Waals surface area contributed by atoms with E-state index in [0.717, 1.165) is 38.3 Å². The van der Waals surface area contributed by atoms with Crippen molar-refractivity contribution in [2.24, 2.45) is 0 Å². The van der Waals surface area contributed by atoms with Crippen molar-refractivity contribution in [1.29, 1.82) is 0 Å². The van der Waals surface area contributed by atoms with E-state index < -0.39 is 0 Å². The van der Waals surface area contributed by atoms with Crippen molar-refractivity contribution < 1.29 is 4.79 Å². The quantitative estimate of drug-likeness (QED) is 0.853. The minimum absolute atomic E-state index is 0.0547. The Kier molecular flexibility index (Phi) is 6.35. The highest BCUT2D eigenvalue weighted by Gasteiger charge is 2.14. The molecule has 1 fully saturated rings. The number of carbonyl (C=O) groups is 1. The number of carbonyl (C=O) groups excluding carboxylic acids is 1. The van der Waals surface area contributed by atoms with E-state index in [9.17, 15) is 4.79 Å². The topological polar surface area (TPSA) is 38.8 Å². The fraction of sp³-hybridized carbons (Fsp3) is 0.409. The molecule has 0 bridgehead atoms. The summed E-state index contributed by atoms with van der Waals surface area (Å²) in [7, 11) is 6.21. The van der Waals surface area contributed by atoms with Crippen LogP contribution in [0.15, 0.2) is 48.5 Å². The number of aryl methyl sites for hydroxylation is 1. The fourth-order valence-electron chi connectivity index (χ4n) is 3.26. The highest BCUT2D eigenvalue weighted by molar-refractivity contribution is 5.91. The Balaban J connectivity index is 1.47. The van der Waals surface area contributed by atoms with Gasteiger partial charge in [-0.15, -0.1) is 0 Å². The number of hydrogen-bond donors (Lipinski definition) is 1. The zero-order valence-corrected chi connectivity index (χ0v) is 16.6. The SMILES string of the molecule is CN1CCN(c2ccc(NC(=O)CCc3ccc(N(C)C)cc3)cc2)CC1. The molecule has 144 valence electrons. The van der Waals surface area contributed by atoms with Gasteiger partial charge in [0.05, 0.1) is 0 Å². The Bertz CT molecular complexity index is 732. The molecule has 1 N–H and O–H groups in total. The maximum absolute atomic E-state index is 12.2. The Morgan fingerprint density at radius 3 is 2.19 bits per heavy atom. The first-order valence-electron chi connectivity index (χ1n) is 9.61. The molecule has 0 unspecified atom stereocenters. The van der Waals surface area contributed by atoms with Crippen LogP contribution >= 0.6 is 0 Å². The summed E-state index contributed by atoms with van der Waals surface area (Å²) in [6.07, 6.45) is 1.24. The van der Waals surface area contributed by atoms with Gasteiger partial charge in [0, 0.05) is 63.8 Å². The molecule has 0 aliphatic carbocycles. The zero-order valence-electron chi connectivity index (χ0n) is 16.6. The van der Waals surface area contributed by atoms with E-state index in [1.807, 2.05) is 26.2 Å². The Morgan fingerprint density at radius 2 is 1.59 bits per heavy atom. The van der Waals surface area contributed by atoms with E-state index >= 15 is 0 Å². The third-order valence-electron chi connectivity index (χ3n) is 5.11. The van der Waals surface area contributed by atoms with Crippen LogP contribution < -0.4 is 15.1 Å². The van der Waals surface area contributed by atoms with Crippen molar-refractivity contribution in [2.45, 2.75) is 12.8 Å². The van der Waals surface area contributed by atoms with Crippen molar-refractivity contribution in [3.05, 3.63) is 54.1 Å². The molecule has 0 spiro atoms. The van der Waals surface area contributed by atoms with E-state index in [1.165, 1.54) is 16.9 Å². The van der Waals surface area contributed by atoms with Gasteiger partial charge in [0.2, 0.25) is 5.91 Å². The molecular weight excluding hydrogens is 336 g/mol. The highest BCUT2D eigenvalue weighted by atomic mass is 16.1. The van der Waals surface area contributed by atoms with Gasteiger partial charge in [0.1, 0.15) is 0 Å². The van der Waals surface area contributed by atoms with Crippen LogP contribution in [0.1, 0.15) is 12.0 Å². The number of likely N-dealkylation sites (N-methyl/N-ethyl adjacent to an activating group) is 1. The van der Waals surface area contributed by atoms with Crippen molar-refractivity contribution in [2.75, 3.05) is 62.4 Å². The van der Waals surface area contributed by atoms with Crippen LogP contribution in [0.25, 0.3) is 0 Å². The van der Waals surface area contributed by atoms with Crippen LogP contribution in [-0.2, 0) is 11.2 Å². The summed E-state index contributed by atoms with van der Waals surface area (Å²) in [4.78, 5) is 19.1. The summed E-state index contributed by atoms with van der Waals surface area (Å²) in [5.41, 5.74) is 4.44. The molecule has 1 amide bonds. The molecular formula is C22H30N4O. The first-order valence-corrected chi connectivity index (χ1v) is 9.61. The number of rotatable bonds is 6. The number of benzene rings is 2. The van der Waals surface area contributed by atoms with Gasteiger partial charge in [-0.05, 0) is 55.4 Å². The minimum Gasteiger partial charge on any atom is -0.378 e. The normalized spacial score (nSPS) is 14.9. The lowest BCUT2D eigenvalue weighted by molar-refractivity contribution is -0.116. The van der Waals surface area contributed by atoms with Crippen LogP contribution in [0.3, 0.4) is 0 Å². The number of anilines is 3. The highest BCUT2D eigenvalue weighted by Crippen LogP contribution is 2.20. The molecule has 1 aliphatic rings. The van der Waals surface area contributed by atoms with E-state index in [2.05, 4.69) is 63.5 Å². The molecule has 0 saturated carbocycles. The Morgan fingerprint density at radius 1 is 0.963 bits per heavy atom. The number of nitrogens with zero attached hydrogens (tertiary/aromatic N) is 3. The summed E-state index contributed by atoms with van der Waals surface area (Å²) in [6, 6.07) is 16.5. The lowest BCUT2D eigenvalue weighted by Gasteiger charge is -2.34. The van der Waals surface area contributed by atoms with Gasteiger partial charge in [0.25, 0.3) is 0 Å². The van der Waals surface area contributed by atoms with Crippen molar-refractivity contribution in [3.63, 3.8) is 0 Å². The van der Waals surface area contributed by atoms with Crippen LogP contribution in [0.5, 0.6) is 0 Å². The molecule has 0 aromatic heterocycles. The van der Waals surface area contributed by atoms with Crippen molar-refractivity contribution >= 4 is 23.0 Å². The van der Waals surface area contributed by atoms with Crippen LogP contribution in [-0.4, -0.2) is 58.1 Å². The van der Waals surface area contributed by atoms with E-state index in [-0.39, 0.29) is 5.91 Å². The second kappa shape index (κ2) is 8.91. The molecule has 0 radical (unpaired) electrons. The zero-order chi connectivity index (χ0) is 19.2. The average molecular weight is 367 g/mol. The van der Waals surface area contributed by atoms with Gasteiger partial charge in [-0.1, -0.05) is 12.1 Å². The largest absolute Gasteiger partial charge is 0.378 e. The average Bonchev–Trinajstić information content (AvgIpc) is 2.68. The monoisotopic (exact) mass is 366 g/mol. The predicted octanol–water partition coefficient (Wildman–Crippen LogP) is 3.08. The van der Waals surface area contributed by atoms with Gasteiger partial charge >= 0.3 is 0 Å². The van der Waals surface area contributed by atoms with Crippen LogP contribution in [0.2, 0.25) is 0 Å². The molecule has 1 aliphatic heterocycles. The number of piperazine rings is 1. The summed E-state index contributed by atoms with van der Waals surface area (Å²) in [5, 5.41) is 3.01. The fourth-order valence-corrected chi connectivity index (χ4v) is 3.26. The third-order valence-corrected chi connectivity index (χ3v) is 5.11. The van der Waals surface area contributed by atoms with Gasteiger partial charge in [0.15, 0.2) is 0 Å². The van der Waals surface area contributed by atoms with Gasteiger partial charge in [-0.25, -0.2) is 0 Å². The first-order chi connectivity index (χ1) is 13.0. The molecule has 3 rings (SSSR count). The van der Waals surface area contributed by atoms with Crippen molar-refractivity contribution in [3.8, 4) is 0 Å². The van der Waals surface area contributed by atoms with E-state index in [4.69, 9.17) is 0 Å². The van der Waals surface area contributed by atoms with Crippen molar-refractivity contribution in [1.82, 2.24) is 4.90 Å². The summed E-state index contributed by atoms with van der Waals surface area (Å²) < 4.78 is 0. The number of amides is 1. The predicted molar refractivity (Wildman–Crippen MR) is 114 cm³/mol. The smallest absolute Gasteiger partial charge is 0.224 e.